The maximum atomic E-state index is 11.5. The number of hydrogen-bond donors (Lipinski definition) is 1. The number of nitrogens with zero attached hydrogens (tertiary/aromatic N) is 4. The molecule has 0 aliphatic heterocycles. The summed E-state index contributed by atoms with van der Waals surface area (Å²) >= 11 is 5.27. The Labute approximate surface area is 168 Å². The first-order chi connectivity index (χ1) is 13.3. The van der Waals surface area contributed by atoms with Crippen LogP contribution in [0.4, 0.5) is 5.69 Å². The second-order valence-corrected chi connectivity index (χ2v) is 6.84. The van der Waals surface area contributed by atoms with Gasteiger partial charge in [-0.05, 0) is 45.0 Å². The number of nitro groups is 1. The minimum atomic E-state index is -0.503. The summed E-state index contributed by atoms with van der Waals surface area (Å²) in [6.45, 7) is 7.72. The largest absolute Gasteiger partial charge is 0.493 e. The van der Waals surface area contributed by atoms with Gasteiger partial charge in [-0.25, -0.2) is 0 Å². The molecule has 2 aromatic rings. The maximum Gasteiger partial charge on any atom is 0.315 e. The topological polar surface area (TPSA) is 108 Å². The van der Waals surface area contributed by atoms with E-state index in [-0.39, 0.29) is 29.2 Å². The highest BCUT2D eigenvalue weighted by atomic mass is 32.1. The lowest BCUT2D eigenvalue weighted by atomic mass is 10.0. The molecule has 0 amide bonds. The van der Waals surface area contributed by atoms with Crippen molar-refractivity contribution < 1.29 is 14.4 Å². The van der Waals surface area contributed by atoms with Crippen molar-refractivity contribution in [3.05, 3.63) is 38.4 Å². The number of ether oxygens (including phenoxy) is 2. The normalized spacial score (nSPS) is 11.5. The lowest BCUT2D eigenvalue weighted by Gasteiger charge is -2.14. The van der Waals surface area contributed by atoms with Crippen LogP contribution in [0, 0.1) is 14.9 Å². The zero-order chi connectivity index (χ0) is 20.8. The Morgan fingerprint density at radius 1 is 1.39 bits per heavy atom. The van der Waals surface area contributed by atoms with Crippen LogP contribution in [0.1, 0.15) is 57.8 Å². The second-order valence-electron chi connectivity index (χ2n) is 6.45. The van der Waals surface area contributed by atoms with E-state index in [1.54, 1.807) is 24.6 Å². The fourth-order valence-corrected chi connectivity index (χ4v) is 2.97. The standard InChI is InChI=1S/C18H25N5O4S/c1-6-13(7-2)17-20-21-18(28)22(17)19-10-12-8-14(23(24)25)16(27-11(3)4)15(9-12)26-5/h8-11,13H,6-7H2,1-5H3,(H,21,28)/b19-10-. The predicted molar refractivity (Wildman–Crippen MR) is 109 cm³/mol. The molecule has 0 fully saturated rings. The van der Waals surface area contributed by atoms with E-state index in [4.69, 9.17) is 21.7 Å². The zero-order valence-corrected chi connectivity index (χ0v) is 17.4. The molecular formula is C18H25N5O4S. The molecule has 0 saturated carbocycles. The van der Waals surface area contributed by atoms with Crippen LogP contribution in [-0.2, 0) is 0 Å². The molecule has 1 N–H and O–H groups in total. The fraction of sp³-hybridized carbons (Fsp3) is 0.500. The van der Waals surface area contributed by atoms with E-state index < -0.39 is 4.92 Å². The molecule has 1 aromatic carbocycles. The van der Waals surface area contributed by atoms with Crippen LogP contribution in [0.5, 0.6) is 11.5 Å². The quantitative estimate of drug-likeness (QED) is 0.285. The van der Waals surface area contributed by atoms with E-state index in [0.29, 0.717) is 10.3 Å². The second kappa shape index (κ2) is 9.45. The van der Waals surface area contributed by atoms with Crippen LogP contribution in [0.3, 0.4) is 0 Å². The molecule has 0 bridgehead atoms. The molecule has 1 aromatic heterocycles. The van der Waals surface area contributed by atoms with Gasteiger partial charge in [0.15, 0.2) is 11.6 Å². The summed E-state index contributed by atoms with van der Waals surface area (Å²) in [5.41, 5.74) is 0.295. The number of benzene rings is 1. The number of aromatic nitrogens is 3. The van der Waals surface area contributed by atoms with Gasteiger partial charge in [-0.15, -0.1) is 0 Å². The van der Waals surface area contributed by atoms with Gasteiger partial charge in [0.05, 0.1) is 24.4 Å². The molecule has 0 saturated heterocycles. The highest BCUT2D eigenvalue weighted by molar-refractivity contribution is 7.71. The summed E-state index contributed by atoms with van der Waals surface area (Å²) in [6.07, 6.45) is 3.04. The Bertz CT molecular complexity index is 915. The molecule has 0 spiro atoms. The number of rotatable bonds is 9. The van der Waals surface area contributed by atoms with Gasteiger partial charge in [0.2, 0.25) is 10.5 Å². The fourth-order valence-electron chi connectivity index (χ4n) is 2.78. The summed E-state index contributed by atoms with van der Waals surface area (Å²) in [7, 11) is 1.44. The lowest BCUT2D eigenvalue weighted by molar-refractivity contribution is -0.386. The van der Waals surface area contributed by atoms with Gasteiger partial charge in [0, 0.05) is 17.5 Å². The van der Waals surface area contributed by atoms with Crippen molar-refractivity contribution in [1.29, 1.82) is 0 Å². The van der Waals surface area contributed by atoms with Crippen molar-refractivity contribution >= 4 is 24.1 Å². The van der Waals surface area contributed by atoms with Gasteiger partial charge in [-0.1, -0.05) is 13.8 Å². The lowest BCUT2D eigenvalue weighted by Crippen LogP contribution is -2.09. The summed E-state index contributed by atoms with van der Waals surface area (Å²) in [5, 5.41) is 22.9. The van der Waals surface area contributed by atoms with E-state index in [1.165, 1.54) is 19.4 Å². The predicted octanol–water partition coefficient (Wildman–Crippen LogP) is 4.43. The van der Waals surface area contributed by atoms with E-state index in [9.17, 15) is 10.1 Å². The molecule has 152 valence electrons. The first kappa shape index (κ1) is 21.5. The Kier molecular flexibility index (Phi) is 7.27. The Balaban J connectivity index is 2.50. The van der Waals surface area contributed by atoms with Gasteiger partial charge >= 0.3 is 5.69 Å². The Hall–Kier alpha value is -2.75. The number of aromatic amines is 1. The molecule has 0 unspecified atom stereocenters. The summed E-state index contributed by atoms with van der Waals surface area (Å²) in [6, 6.07) is 3.03. The number of hydrogen-bond acceptors (Lipinski definition) is 7. The average molecular weight is 407 g/mol. The zero-order valence-electron chi connectivity index (χ0n) is 16.6. The molecule has 1 heterocycles. The molecule has 28 heavy (non-hydrogen) atoms. The molecule has 9 nitrogen and oxygen atoms in total. The van der Waals surface area contributed by atoms with E-state index >= 15 is 0 Å². The number of methoxy groups -OCH3 is 1. The van der Waals surface area contributed by atoms with E-state index in [1.807, 2.05) is 0 Å². The molecule has 2 rings (SSSR count). The third kappa shape index (κ3) is 4.75. The monoisotopic (exact) mass is 407 g/mol. The summed E-state index contributed by atoms with van der Waals surface area (Å²) < 4.78 is 12.8. The van der Waals surface area contributed by atoms with Crippen molar-refractivity contribution in [2.45, 2.75) is 52.6 Å². The third-order valence-electron chi connectivity index (χ3n) is 4.18. The Morgan fingerprint density at radius 3 is 2.61 bits per heavy atom. The highest BCUT2D eigenvalue weighted by Gasteiger charge is 2.23. The molecule has 0 radical (unpaired) electrons. The molecule has 10 heteroatoms. The van der Waals surface area contributed by atoms with Crippen molar-refractivity contribution in [3.63, 3.8) is 0 Å². The first-order valence-electron chi connectivity index (χ1n) is 9.07. The smallest absolute Gasteiger partial charge is 0.315 e. The van der Waals surface area contributed by atoms with Crippen LogP contribution < -0.4 is 9.47 Å². The van der Waals surface area contributed by atoms with Gasteiger partial charge in [0.25, 0.3) is 0 Å². The van der Waals surface area contributed by atoms with E-state index in [2.05, 4.69) is 29.1 Å². The Morgan fingerprint density at radius 2 is 2.07 bits per heavy atom. The third-order valence-corrected chi connectivity index (χ3v) is 4.44. The minimum absolute atomic E-state index is 0.0947. The average Bonchev–Trinajstić information content (AvgIpc) is 3.01. The highest BCUT2D eigenvalue weighted by Crippen LogP contribution is 2.38. The number of H-pyrrole nitrogens is 1. The van der Waals surface area contributed by atoms with Crippen LogP contribution in [-0.4, -0.2) is 39.2 Å². The van der Waals surface area contributed by atoms with Crippen LogP contribution in [0.15, 0.2) is 17.2 Å². The van der Waals surface area contributed by atoms with Gasteiger partial charge in [0.1, 0.15) is 0 Å². The summed E-state index contributed by atoms with van der Waals surface area (Å²) in [5.74, 6) is 1.29. The molecule has 0 aliphatic carbocycles. The van der Waals surface area contributed by atoms with Crippen molar-refractivity contribution in [2.75, 3.05) is 7.11 Å². The van der Waals surface area contributed by atoms with Crippen molar-refractivity contribution in [2.24, 2.45) is 5.10 Å². The number of nitrogens with one attached hydrogen (secondary N) is 1. The van der Waals surface area contributed by atoms with Gasteiger partial charge in [-0.3, -0.25) is 15.2 Å². The van der Waals surface area contributed by atoms with Crippen LogP contribution in [0.2, 0.25) is 0 Å². The molecule has 0 atom stereocenters. The van der Waals surface area contributed by atoms with Crippen molar-refractivity contribution in [1.82, 2.24) is 14.9 Å². The number of nitro benzene ring substituents is 1. The first-order valence-corrected chi connectivity index (χ1v) is 9.47. The van der Waals surface area contributed by atoms with Gasteiger partial charge < -0.3 is 9.47 Å². The van der Waals surface area contributed by atoms with Gasteiger partial charge in [-0.2, -0.15) is 14.9 Å². The molecular weight excluding hydrogens is 382 g/mol. The van der Waals surface area contributed by atoms with E-state index in [0.717, 1.165) is 18.7 Å². The summed E-state index contributed by atoms with van der Waals surface area (Å²) in [4.78, 5) is 11.0. The van der Waals surface area contributed by atoms with Crippen LogP contribution in [0.25, 0.3) is 0 Å². The SMILES string of the molecule is CCC(CC)c1n[nH]c(=S)n1/N=C\c1cc(OC)c(OC(C)C)c([N+](=O)[O-])c1. The minimum Gasteiger partial charge on any atom is -0.493 e. The maximum absolute atomic E-state index is 11.5. The molecule has 0 aliphatic rings. The van der Waals surface area contributed by atoms with Crippen LogP contribution >= 0.6 is 12.2 Å². The van der Waals surface area contributed by atoms with Crippen molar-refractivity contribution in [3.8, 4) is 11.5 Å².